The van der Waals surface area contributed by atoms with Crippen molar-refractivity contribution in [1.82, 2.24) is 0 Å². The summed E-state index contributed by atoms with van der Waals surface area (Å²) in [4.78, 5) is 24.1. The summed E-state index contributed by atoms with van der Waals surface area (Å²) in [6, 6.07) is 9.12. The van der Waals surface area contributed by atoms with E-state index in [2.05, 4.69) is 0 Å². The van der Waals surface area contributed by atoms with E-state index in [4.69, 9.17) is 9.47 Å². The van der Waals surface area contributed by atoms with Crippen molar-refractivity contribution in [3.63, 3.8) is 0 Å². The maximum absolute atomic E-state index is 12.3. The summed E-state index contributed by atoms with van der Waals surface area (Å²) < 4.78 is 9.97. The van der Waals surface area contributed by atoms with E-state index in [0.29, 0.717) is 13.0 Å². The van der Waals surface area contributed by atoms with E-state index >= 15 is 0 Å². The molecule has 1 unspecified atom stereocenters. The summed E-state index contributed by atoms with van der Waals surface area (Å²) in [5, 5.41) is 9.64. The van der Waals surface area contributed by atoms with Gasteiger partial charge < -0.3 is 14.6 Å². The van der Waals surface area contributed by atoms with Crippen LogP contribution >= 0.6 is 0 Å². The molecular formula is C16H22O5. The third-order valence-electron chi connectivity index (χ3n) is 3.38. The molecule has 0 heterocycles. The number of esters is 1. The minimum absolute atomic E-state index is 0.117. The van der Waals surface area contributed by atoms with Crippen LogP contribution in [0.5, 0.6) is 0 Å². The van der Waals surface area contributed by atoms with Crippen LogP contribution in [0.1, 0.15) is 25.3 Å². The van der Waals surface area contributed by atoms with Gasteiger partial charge in [0.25, 0.3) is 0 Å². The van der Waals surface area contributed by atoms with Crippen molar-refractivity contribution < 1.29 is 24.2 Å². The van der Waals surface area contributed by atoms with Crippen LogP contribution in [0.2, 0.25) is 0 Å². The van der Waals surface area contributed by atoms with E-state index in [9.17, 15) is 14.7 Å². The zero-order valence-corrected chi connectivity index (χ0v) is 12.5. The fraction of sp³-hybridized carbons (Fsp3) is 0.500. The Morgan fingerprint density at radius 2 is 1.90 bits per heavy atom. The minimum Gasteiger partial charge on any atom is -0.480 e. The van der Waals surface area contributed by atoms with E-state index in [0.717, 1.165) is 5.56 Å². The number of carbonyl (C=O) groups excluding carboxylic acids is 1. The molecule has 0 spiro atoms. The molecule has 0 aliphatic heterocycles. The van der Waals surface area contributed by atoms with Crippen LogP contribution in [0.25, 0.3) is 0 Å². The topological polar surface area (TPSA) is 72.8 Å². The van der Waals surface area contributed by atoms with E-state index < -0.39 is 17.4 Å². The average molecular weight is 294 g/mol. The van der Waals surface area contributed by atoms with Crippen molar-refractivity contribution >= 4 is 11.9 Å². The smallest absolute Gasteiger partial charge is 0.323 e. The molecule has 0 aliphatic rings. The lowest BCUT2D eigenvalue weighted by atomic mass is 9.77. The molecule has 1 atom stereocenters. The van der Waals surface area contributed by atoms with Crippen LogP contribution in [0.15, 0.2) is 30.3 Å². The fourth-order valence-corrected chi connectivity index (χ4v) is 2.26. The monoisotopic (exact) mass is 294 g/mol. The SMILES string of the molecule is CCOC(=O)C(CCCOC)(Cc1ccccc1)C(=O)O. The van der Waals surface area contributed by atoms with Gasteiger partial charge in [0.15, 0.2) is 5.41 Å². The first-order valence-corrected chi connectivity index (χ1v) is 7.00. The molecular weight excluding hydrogens is 272 g/mol. The molecule has 1 N–H and O–H groups in total. The largest absolute Gasteiger partial charge is 0.480 e. The Balaban J connectivity index is 3.04. The van der Waals surface area contributed by atoms with Gasteiger partial charge in [0, 0.05) is 13.7 Å². The average Bonchev–Trinajstić information content (AvgIpc) is 2.47. The Morgan fingerprint density at radius 3 is 2.43 bits per heavy atom. The van der Waals surface area contributed by atoms with Crippen LogP contribution in [0, 0.1) is 5.41 Å². The number of rotatable bonds is 9. The number of carbonyl (C=O) groups is 2. The number of carboxylic acid groups (broad SMARTS) is 1. The number of hydrogen-bond acceptors (Lipinski definition) is 4. The van der Waals surface area contributed by atoms with Gasteiger partial charge in [0.1, 0.15) is 0 Å². The highest BCUT2D eigenvalue weighted by Gasteiger charge is 2.47. The minimum atomic E-state index is -1.56. The number of carboxylic acids is 1. The van der Waals surface area contributed by atoms with Crippen molar-refractivity contribution in [2.24, 2.45) is 5.41 Å². The van der Waals surface area contributed by atoms with E-state index in [1.807, 2.05) is 30.3 Å². The van der Waals surface area contributed by atoms with Gasteiger partial charge in [0.05, 0.1) is 6.61 Å². The Morgan fingerprint density at radius 1 is 1.24 bits per heavy atom. The Kier molecular flexibility index (Phi) is 6.88. The summed E-state index contributed by atoms with van der Waals surface area (Å²) >= 11 is 0. The maximum Gasteiger partial charge on any atom is 0.323 e. The first-order valence-electron chi connectivity index (χ1n) is 7.00. The second kappa shape index (κ2) is 8.42. The number of ether oxygens (including phenoxy) is 2. The van der Waals surface area contributed by atoms with Crippen LogP contribution in [-0.2, 0) is 25.5 Å². The standard InChI is InChI=1S/C16H22O5/c1-3-21-15(19)16(14(17)18,10-7-11-20-2)12-13-8-5-4-6-9-13/h4-6,8-9H,3,7,10-12H2,1-2H3,(H,17,18). The van der Waals surface area contributed by atoms with Gasteiger partial charge in [-0.3, -0.25) is 9.59 Å². The molecule has 0 saturated heterocycles. The van der Waals surface area contributed by atoms with Gasteiger partial charge in [-0.05, 0) is 31.7 Å². The van der Waals surface area contributed by atoms with Crippen LogP contribution < -0.4 is 0 Å². The first-order chi connectivity index (χ1) is 10.1. The summed E-state index contributed by atoms with van der Waals surface area (Å²) in [7, 11) is 1.55. The zero-order valence-electron chi connectivity index (χ0n) is 12.5. The molecule has 5 nitrogen and oxygen atoms in total. The third kappa shape index (κ3) is 4.56. The molecule has 116 valence electrons. The summed E-state index contributed by atoms with van der Waals surface area (Å²) in [6.07, 6.45) is 0.782. The first kappa shape index (κ1) is 17.2. The van der Waals surface area contributed by atoms with Gasteiger partial charge in [-0.15, -0.1) is 0 Å². The van der Waals surface area contributed by atoms with Gasteiger partial charge in [0.2, 0.25) is 0 Å². The molecule has 0 fully saturated rings. The van der Waals surface area contributed by atoms with Crippen molar-refractivity contribution in [2.45, 2.75) is 26.2 Å². The zero-order chi connectivity index (χ0) is 15.7. The molecule has 0 radical (unpaired) electrons. The van der Waals surface area contributed by atoms with Crippen LogP contribution in [0.4, 0.5) is 0 Å². The second-order valence-electron chi connectivity index (χ2n) is 4.87. The van der Waals surface area contributed by atoms with Crippen LogP contribution in [-0.4, -0.2) is 37.4 Å². The van der Waals surface area contributed by atoms with Crippen molar-refractivity contribution in [1.29, 1.82) is 0 Å². The quantitative estimate of drug-likeness (QED) is 0.430. The van der Waals surface area contributed by atoms with E-state index in [1.165, 1.54) is 0 Å². The molecule has 5 heteroatoms. The highest BCUT2D eigenvalue weighted by Crippen LogP contribution is 2.31. The van der Waals surface area contributed by atoms with E-state index in [1.54, 1.807) is 14.0 Å². The molecule has 0 amide bonds. The molecule has 1 aromatic rings. The van der Waals surface area contributed by atoms with Crippen LogP contribution in [0.3, 0.4) is 0 Å². The van der Waals surface area contributed by atoms with Gasteiger partial charge in [-0.1, -0.05) is 30.3 Å². The maximum atomic E-state index is 12.3. The summed E-state index contributed by atoms with van der Waals surface area (Å²) in [5.41, 5.74) is -0.763. The summed E-state index contributed by atoms with van der Waals surface area (Å²) in [5.74, 6) is -1.83. The molecule has 21 heavy (non-hydrogen) atoms. The molecule has 0 aliphatic carbocycles. The Hall–Kier alpha value is -1.88. The predicted octanol–water partition coefficient (Wildman–Crippen LogP) is 2.29. The predicted molar refractivity (Wildman–Crippen MR) is 78.0 cm³/mol. The van der Waals surface area contributed by atoms with E-state index in [-0.39, 0.29) is 19.4 Å². The molecule has 1 aromatic carbocycles. The highest BCUT2D eigenvalue weighted by molar-refractivity contribution is 5.99. The fourth-order valence-electron chi connectivity index (χ4n) is 2.26. The molecule has 0 aromatic heterocycles. The van der Waals surface area contributed by atoms with Crippen molar-refractivity contribution in [3.8, 4) is 0 Å². The molecule has 0 saturated carbocycles. The lowest BCUT2D eigenvalue weighted by Crippen LogP contribution is -2.43. The number of hydrogen-bond donors (Lipinski definition) is 1. The van der Waals surface area contributed by atoms with Gasteiger partial charge in [-0.2, -0.15) is 0 Å². The van der Waals surface area contributed by atoms with Gasteiger partial charge in [-0.25, -0.2) is 0 Å². The number of methoxy groups -OCH3 is 1. The number of aliphatic carboxylic acids is 1. The molecule has 0 bridgehead atoms. The normalized spacial score (nSPS) is 13.4. The van der Waals surface area contributed by atoms with Gasteiger partial charge >= 0.3 is 11.9 Å². The number of benzene rings is 1. The summed E-state index contributed by atoms with van der Waals surface area (Å²) in [6.45, 7) is 2.23. The third-order valence-corrected chi connectivity index (χ3v) is 3.38. The Labute approximate surface area is 124 Å². The molecule has 1 rings (SSSR count). The second-order valence-corrected chi connectivity index (χ2v) is 4.87. The lowest BCUT2D eigenvalue weighted by Gasteiger charge is -2.27. The highest BCUT2D eigenvalue weighted by atomic mass is 16.5. The van der Waals surface area contributed by atoms with Crippen molar-refractivity contribution in [2.75, 3.05) is 20.3 Å². The Bertz CT molecular complexity index is 457. The van der Waals surface area contributed by atoms with Crippen molar-refractivity contribution in [3.05, 3.63) is 35.9 Å². The lowest BCUT2D eigenvalue weighted by molar-refractivity contribution is -0.169.